The van der Waals surface area contributed by atoms with Crippen molar-refractivity contribution in [3.8, 4) is 11.5 Å². The van der Waals surface area contributed by atoms with Crippen LogP contribution >= 0.6 is 0 Å². The first-order chi connectivity index (χ1) is 9.08. The lowest BCUT2D eigenvalue weighted by Gasteiger charge is -2.23. The Bertz CT molecular complexity index is 640. The van der Waals surface area contributed by atoms with Crippen LogP contribution in [0.2, 0.25) is 0 Å². The van der Waals surface area contributed by atoms with Crippen LogP contribution in [0.1, 0.15) is 26.3 Å². The Morgan fingerprint density at radius 1 is 1.05 bits per heavy atom. The van der Waals surface area contributed by atoms with Gasteiger partial charge in [-0.15, -0.1) is 13.2 Å². The van der Waals surface area contributed by atoms with Crippen molar-refractivity contribution >= 4 is 10.8 Å². The van der Waals surface area contributed by atoms with Gasteiger partial charge in [-0.05, 0) is 34.6 Å². The highest BCUT2D eigenvalue weighted by atomic mass is 19.4. The van der Waals surface area contributed by atoms with Crippen LogP contribution in [0, 0.1) is 0 Å². The SMILES string of the molecule is CC(C)(C)c1cc(O)cc2cccc(OC(F)(F)F)c12. The zero-order valence-corrected chi connectivity index (χ0v) is 11.4. The van der Waals surface area contributed by atoms with E-state index < -0.39 is 11.8 Å². The van der Waals surface area contributed by atoms with E-state index in [2.05, 4.69) is 4.74 Å². The molecule has 0 saturated carbocycles. The normalized spacial score (nSPS) is 12.7. The third-order valence-electron chi connectivity index (χ3n) is 2.96. The van der Waals surface area contributed by atoms with Crippen molar-refractivity contribution in [1.82, 2.24) is 0 Å². The van der Waals surface area contributed by atoms with Gasteiger partial charge in [-0.2, -0.15) is 0 Å². The predicted octanol–water partition coefficient (Wildman–Crippen LogP) is 4.74. The molecular weight excluding hydrogens is 269 g/mol. The number of aromatic hydroxyl groups is 1. The Morgan fingerprint density at radius 2 is 1.70 bits per heavy atom. The van der Waals surface area contributed by atoms with Crippen LogP contribution < -0.4 is 4.74 Å². The molecule has 2 aromatic rings. The maximum absolute atomic E-state index is 12.5. The molecule has 2 nitrogen and oxygen atoms in total. The van der Waals surface area contributed by atoms with Crippen LogP contribution in [-0.2, 0) is 5.41 Å². The van der Waals surface area contributed by atoms with Gasteiger partial charge in [-0.1, -0.05) is 32.9 Å². The molecule has 1 N–H and O–H groups in total. The first-order valence-electron chi connectivity index (χ1n) is 6.10. The topological polar surface area (TPSA) is 29.5 Å². The number of fused-ring (bicyclic) bond motifs is 1. The van der Waals surface area contributed by atoms with Gasteiger partial charge < -0.3 is 9.84 Å². The molecule has 0 heterocycles. The zero-order chi connectivity index (χ0) is 15.1. The molecular formula is C15H15F3O2. The Balaban J connectivity index is 2.78. The van der Waals surface area contributed by atoms with Crippen molar-refractivity contribution in [3.05, 3.63) is 35.9 Å². The second kappa shape index (κ2) is 4.58. The number of phenols is 1. The Morgan fingerprint density at radius 3 is 2.25 bits per heavy atom. The fourth-order valence-corrected chi connectivity index (χ4v) is 2.18. The summed E-state index contributed by atoms with van der Waals surface area (Å²) >= 11 is 0. The van der Waals surface area contributed by atoms with E-state index in [1.54, 1.807) is 6.07 Å². The van der Waals surface area contributed by atoms with Gasteiger partial charge in [0.05, 0.1) is 0 Å². The average molecular weight is 284 g/mol. The van der Waals surface area contributed by atoms with E-state index >= 15 is 0 Å². The third kappa shape index (κ3) is 2.98. The summed E-state index contributed by atoms with van der Waals surface area (Å²) in [6.07, 6.45) is -4.75. The summed E-state index contributed by atoms with van der Waals surface area (Å²) in [5.74, 6) is -0.230. The second-order valence-corrected chi connectivity index (χ2v) is 5.65. The van der Waals surface area contributed by atoms with Gasteiger partial charge in [0.25, 0.3) is 0 Å². The second-order valence-electron chi connectivity index (χ2n) is 5.65. The fourth-order valence-electron chi connectivity index (χ4n) is 2.18. The Kier molecular flexibility index (Phi) is 3.32. The standard InChI is InChI=1S/C15H15F3O2/c1-14(2,3)11-8-10(19)7-9-5-4-6-12(13(9)11)20-15(16,17)18/h4-8,19H,1-3H3. The highest BCUT2D eigenvalue weighted by molar-refractivity contribution is 5.93. The van der Waals surface area contributed by atoms with E-state index in [0.29, 0.717) is 16.3 Å². The molecule has 0 aliphatic heterocycles. The number of hydrogen-bond donors (Lipinski definition) is 1. The number of hydrogen-bond acceptors (Lipinski definition) is 2. The molecule has 0 atom stereocenters. The summed E-state index contributed by atoms with van der Waals surface area (Å²) in [5, 5.41) is 10.6. The number of halogens is 3. The number of phenolic OH excluding ortho intramolecular Hbond substituents is 1. The quantitative estimate of drug-likeness (QED) is 0.819. The molecule has 0 radical (unpaired) electrons. The summed E-state index contributed by atoms with van der Waals surface area (Å²) < 4.78 is 41.6. The van der Waals surface area contributed by atoms with Crippen molar-refractivity contribution < 1.29 is 23.0 Å². The van der Waals surface area contributed by atoms with Gasteiger partial charge in [0.1, 0.15) is 11.5 Å². The molecule has 0 fully saturated rings. The molecule has 0 amide bonds. The van der Waals surface area contributed by atoms with Crippen LogP contribution in [0.25, 0.3) is 10.8 Å². The average Bonchev–Trinajstić information content (AvgIpc) is 2.24. The van der Waals surface area contributed by atoms with E-state index in [9.17, 15) is 18.3 Å². The van der Waals surface area contributed by atoms with E-state index in [0.717, 1.165) is 0 Å². The van der Waals surface area contributed by atoms with Crippen LogP contribution in [0.3, 0.4) is 0 Å². The molecule has 5 heteroatoms. The monoisotopic (exact) mass is 284 g/mol. The van der Waals surface area contributed by atoms with Gasteiger partial charge in [-0.3, -0.25) is 0 Å². The van der Waals surface area contributed by atoms with Crippen molar-refractivity contribution in [2.75, 3.05) is 0 Å². The number of rotatable bonds is 1. The van der Waals surface area contributed by atoms with Crippen molar-refractivity contribution in [2.24, 2.45) is 0 Å². The van der Waals surface area contributed by atoms with E-state index in [1.165, 1.54) is 24.3 Å². The molecule has 2 rings (SSSR count). The molecule has 0 aliphatic rings. The minimum atomic E-state index is -4.75. The molecule has 0 spiro atoms. The third-order valence-corrected chi connectivity index (χ3v) is 2.96. The largest absolute Gasteiger partial charge is 0.573 e. The van der Waals surface area contributed by atoms with Gasteiger partial charge in [0.15, 0.2) is 0 Å². The number of alkyl halides is 3. The minimum Gasteiger partial charge on any atom is -0.508 e. The summed E-state index contributed by atoms with van der Waals surface area (Å²) in [6, 6.07) is 7.30. The maximum atomic E-state index is 12.5. The minimum absolute atomic E-state index is 0.0200. The summed E-state index contributed by atoms with van der Waals surface area (Å²) in [5.41, 5.74) is 0.176. The summed E-state index contributed by atoms with van der Waals surface area (Å²) in [4.78, 5) is 0. The van der Waals surface area contributed by atoms with Gasteiger partial charge in [0, 0.05) is 5.39 Å². The lowest BCUT2D eigenvalue weighted by atomic mass is 9.83. The maximum Gasteiger partial charge on any atom is 0.573 e. The zero-order valence-electron chi connectivity index (χ0n) is 11.4. The Labute approximate surface area is 114 Å². The predicted molar refractivity (Wildman–Crippen MR) is 71.0 cm³/mol. The lowest BCUT2D eigenvalue weighted by molar-refractivity contribution is -0.274. The van der Waals surface area contributed by atoms with E-state index in [1.807, 2.05) is 20.8 Å². The van der Waals surface area contributed by atoms with E-state index in [-0.39, 0.29) is 11.5 Å². The smallest absolute Gasteiger partial charge is 0.508 e. The molecule has 20 heavy (non-hydrogen) atoms. The Hall–Kier alpha value is -1.91. The molecule has 0 aliphatic carbocycles. The molecule has 0 aromatic heterocycles. The van der Waals surface area contributed by atoms with Crippen LogP contribution in [0.4, 0.5) is 13.2 Å². The van der Waals surface area contributed by atoms with Crippen LogP contribution in [-0.4, -0.2) is 11.5 Å². The molecule has 2 aromatic carbocycles. The van der Waals surface area contributed by atoms with Gasteiger partial charge in [-0.25, -0.2) is 0 Å². The molecule has 0 saturated heterocycles. The van der Waals surface area contributed by atoms with Gasteiger partial charge in [0.2, 0.25) is 0 Å². The number of benzene rings is 2. The van der Waals surface area contributed by atoms with Crippen LogP contribution in [0.15, 0.2) is 30.3 Å². The lowest BCUT2D eigenvalue weighted by Crippen LogP contribution is -2.18. The summed E-state index contributed by atoms with van der Waals surface area (Å²) in [7, 11) is 0. The first-order valence-corrected chi connectivity index (χ1v) is 6.10. The molecule has 0 unspecified atom stereocenters. The highest BCUT2D eigenvalue weighted by Gasteiger charge is 2.32. The van der Waals surface area contributed by atoms with Crippen molar-refractivity contribution in [2.45, 2.75) is 32.5 Å². The van der Waals surface area contributed by atoms with Crippen molar-refractivity contribution in [3.63, 3.8) is 0 Å². The van der Waals surface area contributed by atoms with E-state index in [4.69, 9.17) is 0 Å². The first kappa shape index (κ1) is 14.5. The van der Waals surface area contributed by atoms with Crippen LogP contribution in [0.5, 0.6) is 11.5 Å². The molecule has 0 bridgehead atoms. The molecule has 108 valence electrons. The fraction of sp³-hybridized carbons (Fsp3) is 0.333. The van der Waals surface area contributed by atoms with Gasteiger partial charge >= 0.3 is 6.36 Å². The van der Waals surface area contributed by atoms with Crippen molar-refractivity contribution in [1.29, 1.82) is 0 Å². The highest BCUT2D eigenvalue weighted by Crippen LogP contribution is 2.40. The number of ether oxygens (including phenoxy) is 1. The summed E-state index contributed by atoms with van der Waals surface area (Å²) in [6.45, 7) is 5.60.